The van der Waals surface area contributed by atoms with Crippen molar-refractivity contribution in [2.75, 3.05) is 0 Å². The molecule has 0 aliphatic carbocycles. The lowest BCUT2D eigenvalue weighted by molar-refractivity contribution is -0.153. The summed E-state index contributed by atoms with van der Waals surface area (Å²) >= 11 is 0. The Morgan fingerprint density at radius 3 is 2.20 bits per heavy atom. The highest BCUT2D eigenvalue weighted by Gasteiger charge is 2.30. The fourth-order valence-corrected chi connectivity index (χ4v) is 0.702. The van der Waals surface area contributed by atoms with Crippen molar-refractivity contribution in [2.45, 2.75) is 38.5 Å². The molecule has 0 fully saturated rings. The molecule has 0 saturated carbocycles. The van der Waals surface area contributed by atoms with Gasteiger partial charge in [-0.15, -0.1) is 0 Å². The summed E-state index contributed by atoms with van der Waals surface area (Å²) in [4.78, 5) is 0. The molecule has 0 aliphatic rings. The Morgan fingerprint density at radius 2 is 1.90 bits per heavy atom. The van der Waals surface area contributed by atoms with Crippen LogP contribution in [0.4, 0.5) is 13.2 Å². The van der Waals surface area contributed by atoms with E-state index in [2.05, 4.69) is 0 Å². The molecule has 0 saturated heterocycles. The molecular weight excluding hydrogens is 145 g/mol. The Labute approximate surface area is 57.9 Å². The van der Waals surface area contributed by atoms with Gasteiger partial charge in [-0.3, -0.25) is 0 Å². The Bertz CT molecular complexity index is 89.5. The highest BCUT2D eigenvalue weighted by atomic mass is 19.4. The Hall–Kier alpha value is -0.250. The number of aliphatic hydroxyl groups excluding tert-OH is 1. The quantitative estimate of drug-likeness (QED) is 0.663. The standard InChI is InChI=1S/C6H11F3O/c1-2-3-5(10)4-6(7,8)9/h5,10H,2-4H2,1H3. The van der Waals surface area contributed by atoms with Crippen molar-refractivity contribution in [1.82, 2.24) is 0 Å². The van der Waals surface area contributed by atoms with E-state index >= 15 is 0 Å². The fourth-order valence-electron chi connectivity index (χ4n) is 0.702. The van der Waals surface area contributed by atoms with Crippen molar-refractivity contribution in [3.05, 3.63) is 0 Å². The largest absolute Gasteiger partial charge is 0.393 e. The zero-order valence-electron chi connectivity index (χ0n) is 5.78. The second-order valence-corrected chi connectivity index (χ2v) is 2.26. The monoisotopic (exact) mass is 156 g/mol. The molecule has 0 aromatic rings. The first-order valence-corrected chi connectivity index (χ1v) is 3.20. The molecule has 0 bridgehead atoms. The number of aliphatic hydroxyl groups is 1. The van der Waals surface area contributed by atoms with Crippen molar-refractivity contribution in [3.63, 3.8) is 0 Å². The predicted octanol–water partition coefficient (Wildman–Crippen LogP) is 2.10. The Kier molecular flexibility index (Phi) is 3.71. The van der Waals surface area contributed by atoms with Crippen molar-refractivity contribution in [1.29, 1.82) is 0 Å². The van der Waals surface area contributed by atoms with Crippen LogP contribution in [0.15, 0.2) is 0 Å². The molecule has 4 heteroatoms. The van der Waals surface area contributed by atoms with Crippen LogP contribution in [0.25, 0.3) is 0 Å². The summed E-state index contributed by atoms with van der Waals surface area (Å²) in [7, 11) is 0. The molecule has 0 spiro atoms. The van der Waals surface area contributed by atoms with Gasteiger partial charge < -0.3 is 5.11 Å². The predicted molar refractivity (Wildman–Crippen MR) is 31.6 cm³/mol. The molecule has 0 aliphatic heterocycles. The van der Waals surface area contributed by atoms with Crippen molar-refractivity contribution in [2.24, 2.45) is 0 Å². The van der Waals surface area contributed by atoms with E-state index < -0.39 is 18.7 Å². The maximum absolute atomic E-state index is 11.5. The first-order chi connectivity index (χ1) is 4.45. The molecule has 1 nitrogen and oxygen atoms in total. The van der Waals surface area contributed by atoms with Crippen LogP contribution < -0.4 is 0 Å². The lowest BCUT2D eigenvalue weighted by Crippen LogP contribution is -2.18. The van der Waals surface area contributed by atoms with Crippen molar-refractivity contribution >= 4 is 0 Å². The molecule has 10 heavy (non-hydrogen) atoms. The summed E-state index contributed by atoms with van der Waals surface area (Å²) in [5.74, 6) is 0. The maximum atomic E-state index is 11.5. The summed E-state index contributed by atoms with van der Waals surface area (Å²) < 4.78 is 34.4. The van der Waals surface area contributed by atoms with Crippen LogP contribution in [0.5, 0.6) is 0 Å². The Balaban J connectivity index is 3.47. The van der Waals surface area contributed by atoms with E-state index in [1.165, 1.54) is 0 Å². The summed E-state index contributed by atoms with van der Waals surface area (Å²) in [6, 6.07) is 0. The SMILES string of the molecule is CCCC(O)CC(F)(F)F. The number of halogens is 3. The fraction of sp³-hybridized carbons (Fsp3) is 1.00. The van der Waals surface area contributed by atoms with E-state index in [4.69, 9.17) is 5.11 Å². The van der Waals surface area contributed by atoms with Gasteiger partial charge in [0.1, 0.15) is 0 Å². The van der Waals surface area contributed by atoms with Crippen molar-refractivity contribution < 1.29 is 18.3 Å². The average Bonchev–Trinajstić information content (AvgIpc) is 1.59. The zero-order chi connectivity index (χ0) is 8.20. The smallest absolute Gasteiger partial charge is 0.391 e. The van der Waals surface area contributed by atoms with E-state index in [1.807, 2.05) is 0 Å². The third-order valence-corrected chi connectivity index (χ3v) is 1.09. The first-order valence-electron chi connectivity index (χ1n) is 3.20. The molecular formula is C6H11F3O. The molecule has 0 aromatic carbocycles. The molecule has 1 atom stereocenters. The van der Waals surface area contributed by atoms with Crippen LogP contribution >= 0.6 is 0 Å². The van der Waals surface area contributed by atoms with E-state index in [0.29, 0.717) is 6.42 Å². The minimum absolute atomic E-state index is 0.222. The van der Waals surface area contributed by atoms with Crippen molar-refractivity contribution in [3.8, 4) is 0 Å². The summed E-state index contributed by atoms with van der Waals surface area (Å²) in [6.45, 7) is 1.74. The van der Waals surface area contributed by atoms with Gasteiger partial charge in [-0.2, -0.15) is 13.2 Å². The van der Waals surface area contributed by atoms with E-state index in [1.54, 1.807) is 6.92 Å². The second-order valence-electron chi connectivity index (χ2n) is 2.26. The molecule has 1 unspecified atom stereocenters. The minimum Gasteiger partial charge on any atom is -0.393 e. The maximum Gasteiger partial charge on any atom is 0.391 e. The number of hydrogen-bond acceptors (Lipinski definition) is 1. The minimum atomic E-state index is -4.23. The van der Waals surface area contributed by atoms with Crippen LogP contribution in [0.1, 0.15) is 26.2 Å². The van der Waals surface area contributed by atoms with Crippen LogP contribution in [0.3, 0.4) is 0 Å². The number of alkyl halides is 3. The topological polar surface area (TPSA) is 20.2 Å². The lowest BCUT2D eigenvalue weighted by atomic mass is 10.1. The van der Waals surface area contributed by atoms with E-state index in [-0.39, 0.29) is 6.42 Å². The average molecular weight is 156 g/mol. The molecule has 0 amide bonds. The van der Waals surface area contributed by atoms with Gasteiger partial charge in [-0.1, -0.05) is 13.3 Å². The van der Waals surface area contributed by atoms with E-state index in [9.17, 15) is 13.2 Å². The molecule has 0 rings (SSSR count). The highest BCUT2D eigenvalue weighted by Crippen LogP contribution is 2.22. The van der Waals surface area contributed by atoms with Gasteiger partial charge in [0, 0.05) is 0 Å². The molecule has 0 aromatic heterocycles. The van der Waals surface area contributed by atoms with Crippen LogP contribution in [0.2, 0.25) is 0 Å². The Morgan fingerprint density at radius 1 is 1.40 bits per heavy atom. The second kappa shape index (κ2) is 3.81. The third kappa shape index (κ3) is 5.88. The molecule has 1 N–H and O–H groups in total. The van der Waals surface area contributed by atoms with Gasteiger partial charge in [-0.05, 0) is 6.42 Å². The highest BCUT2D eigenvalue weighted by molar-refractivity contribution is 4.60. The van der Waals surface area contributed by atoms with Crippen LogP contribution in [-0.2, 0) is 0 Å². The summed E-state index contributed by atoms with van der Waals surface area (Å²) in [5.41, 5.74) is 0. The normalized spacial score (nSPS) is 15.3. The molecule has 0 heterocycles. The van der Waals surface area contributed by atoms with Crippen LogP contribution in [0, 0.1) is 0 Å². The van der Waals surface area contributed by atoms with Gasteiger partial charge in [0.2, 0.25) is 0 Å². The van der Waals surface area contributed by atoms with Gasteiger partial charge in [0.15, 0.2) is 0 Å². The summed E-state index contributed by atoms with van der Waals surface area (Å²) in [6.07, 6.45) is -5.73. The number of hydrogen-bond donors (Lipinski definition) is 1. The van der Waals surface area contributed by atoms with Crippen LogP contribution in [-0.4, -0.2) is 17.4 Å². The van der Waals surface area contributed by atoms with Gasteiger partial charge in [0.25, 0.3) is 0 Å². The number of rotatable bonds is 3. The first kappa shape index (κ1) is 9.75. The zero-order valence-corrected chi connectivity index (χ0v) is 5.78. The van der Waals surface area contributed by atoms with Gasteiger partial charge in [-0.25, -0.2) is 0 Å². The third-order valence-electron chi connectivity index (χ3n) is 1.09. The van der Waals surface area contributed by atoms with Gasteiger partial charge >= 0.3 is 6.18 Å². The molecule has 0 radical (unpaired) electrons. The van der Waals surface area contributed by atoms with Gasteiger partial charge in [0.05, 0.1) is 12.5 Å². The van der Waals surface area contributed by atoms with E-state index in [0.717, 1.165) is 0 Å². The lowest BCUT2D eigenvalue weighted by Gasteiger charge is -2.11. The molecule has 62 valence electrons. The summed E-state index contributed by atoms with van der Waals surface area (Å²) in [5, 5.41) is 8.66.